The Morgan fingerprint density at radius 1 is 1.42 bits per heavy atom. The van der Waals surface area contributed by atoms with E-state index in [-0.39, 0.29) is 11.8 Å². The molecule has 0 unspecified atom stereocenters. The Balaban J connectivity index is 2.16. The molecule has 1 saturated heterocycles. The van der Waals surface area contributed by atoms with Crippen molar-refractivity contribution in [1.82, 2.24) is 15.2 Å². The largest absolute Gasteiger partial charge is 0.342 e. The third kappa shape index (κ3) is 3.32. The van der Waals surface area contributed by atoms with Gasteiger partial charge in [0.2, 0.25) is 11.8 Å². The van der Waals surface area contributed by atoms with Crippen molar-refractivity contribution in [2.24, 2.45) is 0 Å². The number of halogens is 1. The zero-order valence-corrected chi connectivity index (χ0v) is 12.5. The SMILES string of the molecule is CC1(C)NC(=O)CCN(Cc2ccc(Br)cn2)C1=O. The summed E-state index contributed by atoms with van der Waals surface area (Å²) >= 11 is 3.32. The van der Waals surface area contributed by atoms with Gasteiger partial charge >= 0.3 is 0 Å². The molecule has 2 amide bonds. The second kappa shape index (κ2) is 5.28. The standard InChI is InChI=1S/C13H16BrN3O2/c1-13(2)12(19)17(6-5-11(18)16-13)8-10-4-3-9(14)7-15-10/h3-4,7H,5-6,8H2,1-2H3,(H,16,18). The van der Waals surface area contributed by atoms with E-state index in [9.17, 15) is 9.59 Å². The molecule has 1 aromatic rings. The van der Waals surface area contributed by atoms with Crippen LogP contribution in [-0.2, 0) is 16.1 Å². The third-order valence-electron chi connectivity index (χ3n) is 3.02. The summed E-state index contributed by atoms with van der Waals surface area (Å²) < 4.78 is 0.899. The van der Waals surface area contributed by atoms with Gasteiger partial charge in [0.25, 0.3) is 0 Å². The van der Waals surface area contributed by atoms with Gasteiger partial charge in [-0.25, -0.2) is 0 Å². The summed E-state index contributed by atoms with van der Waals surface area (Å²) in [4.78, 5) is 29.9. The van der Waals surface area contributed by atoms with Crippen molar-refractivity contribution in [3.63, 3.8) is 0 Å². The first-order valence-corrected chi connectivity index (χ1v) is 6.88. The minimum absolute atomic E-state index is 0.0805. The predicted octanol–water partition coefficient (Wildman–Crippen LogP) is 1.47. The second-order valence-corrected chi connectivity index (χ2v) is 6.03. The van der Waals surface area contributed by atoms with Gasteiger partial charge in [-0.05, 0) is 41.9 Å². The molecule has 0 aromatic carbocycles. The first-order valence-electron chi connectivity index (χ1n) is 6.09. The van der Waals surface area contributed by atoms with E-state index in [1.165, 1.54) is 0 Å². The number of nitrogens with one attached hydrogen (secondary N) is 1. The molecule has 1 aliphatic rings. The molecule has 2 heterocycles. The summed E-state index contributed by atoms with van der Waals surface area (Å²) in [5.74, 6) is -0.173. The van der Waals surface area contributed by atoms with Gasteiger partial charge in [0.15, 0.2) is 0 Å². The van der Waals surface area contributed by atoms with Gasteiger partial charge in [0.1, 0.15) is 5.54 Å². The Morgan fingerprint density at radius 3 is 2.79 bits per heavy atom. The van der Waals surface area contributed by atoms with Crippen molar-refractivity contribution in [3.05, 3.63) is 28.5 Å². The fourth-order valence-electron chi connectivity index (χ4n) is 2.04. The number of aromatic nitrogens is 1. The van der Waals surface area contributed by atoms with E-state index in [1.54, 1.807) is 24.9 Å². The summed E-state index contributed by atoms with van der Waals surface area (Å²) in [5.41, 5.74) is -0.0511. The van der Waals surface area contributed by atoms with E-state index in [0.29, 0.717) is 19.5 Å². The van der Waals surface area contributed by atoms with Gasteiger partial charge < -0.3 is 10.2 Å². The highest BCUT2D eigenvalue weighted by molar-refractivity contribution is 9.10. The fourth-order valence-corrected chi connectivity index (χ4v) is 2.28. The van der Waals surface area contributed by atoms with Gasteiger partial charge in [-0.15, -0.1) is 0 Å². The van der Waals surface area contributed by atoms with Crippen molar-refractivity contribution in [2.45, 2.75) is 32.4 Å². The lowest BCUT2D eigenvalue weighted by Gasteiger charge is -2.28. The molecule has 19 heavy (non-hydrogen) atoms. The molecule has 0 spiro atoms. The Hall–Kier alpha value is -1.43. The molecule has 6 heteroatoms. The highest BCUT2D eigenvalue weighted by Gasteiger charge is 2.36. The summed E-state index contributed by atoms with van der Waals surface area (Å²) in [5, 5.41) is 2.73. The fraction of sp³-hybridized carbons (Fsp3) is 0.462. The molecule has 0 saturated carbocycles. The molecule has 5 nitrogen and oxygen atoms in total. The maximum atomic E-state index is 12.4. The monoisotopic (exact) mass is 325 g/mol. The van der Waals surface area contributed by atoms with Crippen LogP contribution in [0.25, 0.3) is 0 Å². The predicted molar refractivity (Wildman–Crippen MR) is 74.2 cm³/mol. The summed E-state index contributed by atoms with van der Waals surface area (Å²) in [6.07, 6.45) is 2.03. The van der Waals surface area contributed by atoms with Gasteiger partial charge in [-0.2, -0.15) is 0 Å². The van der Waals surface area contributed by atoms with Gasteiger partial charge in [-0.1, -0.05) is 0 Å². The minimum Gasteiger partial charge on any atom is -0.342 e. The summed E-state index contributed by atoms with van der Waals surface area (Å²) in [7, 11) is 0. The van der Waals surface area contributed by atoms with Crippen molar-refractivity contribution in [3.8, 4) is 0 Å². The smallest absolute Gasteiger partial charge is 0.248 e. The number of pyridine rings is 1. The molecule has 1 N–H and O–H groups in total. The summed E-state index contributed by atoms with van der Waals surface area (Å²) in [6.45, 7) is 4.29. The van der Waals surface area contributed by atoms with Crippen molar-refractivity contribution >= 4 is 27.7 Å². The number of rotatable bonds is 2. The Labute approximate surface area is 120 Å². The van der Waals surface area contributed by atoms with Crippen molar-refractivity contribution in [1.29, 1.82) is 0 Å². The highest BCUT2D eigenvalue weighted by atomic mass is 79.9. The van der Waals surface area contributed by atoms with Crippen molar-refractivity contribution in [2.75, 3.05) is 6.54 Å². The molecule has 1 aliphatic heterocycles. The number of amides is 2. The van der Waals surface area contributed by atoms with E-state index in [0.717, 1.165) is 10.2 Å². The average Bonchev–Trinajstić information content (AvgIpc) is 2.43. The van der Waals surface area contributed by atoms with Crippen molar-refractivity contribution < 1.29 is 9.59 Å². The van der Waals surface area contributed by atoms with Crippen LogP contribution in [0.2, 0.25) is 0 Å². The molecule has 102 valence electrons. The maximum absolute atomic E-state index is 12.4. The molecular weight excluding hydrogens is 310 g/mol. The molecule has 1 fully saturated rings. The lowest BCUT2D eigenvalue weighted by atomic mass is 10.0. The molecule has 0 radical (unpaired) electrons. The topological polar surface area (TPSA) is 62.3 Å². The zero-order valence-electron chi connectivity index (χ0n) is 10.9. The van der Waals surface area contributed by atoms with Crippen LogP contribution < -0.4 is 5.32 Å². The molecule has 0 bridgehead atoms. The number of hydrogen-bond acceptors (Lipinski definition) is 3. The highest BCUT2D eigenvalue weighted by Crippen LogP contribution is 2.16. The molecule has 2 rings (SSSR count). The van der Waals surface area contributed by atoms with Gasteiger partial charge in [-0.3, -0.25) is 14.6 Å². The average molecular weight is 326 g/mol. The molecule has 0 aliphatic carbocycles. The zero-order chi connectivity index (χ0) is 14.0. The number of carbonyl (C=O) groups excluding carboxylic acids is 2. The van der Waals surface area contributed by atoms with Gasteiger partial charge in [0, 0.05) is 23.6 Å². The van der Waals surface area contributed by atoms with E-state index < -0.39 is 5.54 Å². The van der Waals surface area contributed by atoms with E-state index in [2.05, 4.69) is 26.2 Å². The molecule has 0 atom stereocenters. The van der Waals surface area contributed by atoms with Crippen LogP contribution in [0.3, 0.4) is 0 Å². The lowest BCUT2D eigenvalue weighted by Crippen LogP contribution is -2.52. The lowest BCUT2D eigenvalue weighted by molar-refractivity contribution is -0.137. The van der Waals surface area contributed by atoms with Crippen LogP contribution in [-0.4, -0.2) is 33.8 Å². The normalized spacial score (nSPS) is 19.0. The first-order chi connectivity index (χ1) is 8.88. The molecular formula is C13H16BrN3O2. The Bertz CT molecular complexity index is 499. The maximum Gasteiger partial charge on any atom is 0.248 e. The van der Waals surface area contributed by atoms with E-state index >= 15 is 0 Å². The Kier molecular flexibility index (Phi) is 3.89. The van der Waals surface area contributed by atoms with Crippen LogP contribution in [0, 0.1) is 0 Å². The number of nitrogens with zero attached hydrogens (tertiary/aromatic N) is 2. The van der Waals surface area contributed by atoms with Crippen LogP contribution in [0.4, 0.5) is 0 Å². The Morgan fingerprint density at radius 2 is 2.16 bits per heavy atom. The summed E-state index contributed by atoms with van der Waals surface area (Å²) in [6, 6.07) is 3.75. The second-order valence-electron chi connectivity index (χ2n) is 5.12. The third-order valence-corrected chi connectivity index (χ3v) is 3.49. The quantitative estimate of drug-likeness (QED) is 0.895. The van der Waals surface area contributed by atoms with Gasteiger partial charge in [0.05, 0.1) is 12.2 Å². The van der Waals surface area contributed by atoms with Crippen LogP contribution in [0.1, 0.15) is 26.0 Å². The number of hydrogen-bond donors (Lipinski definition) is 1. The minimum atomic E-state index is -0.858. The first kappa shape index (κ1) is 14.0. The van der Waals surface area contributed by atoms with Crippen LogP contribution >= 0.6 is 15.9 Å². The number of carbonyl (C=O) groups is 2. The van der Waals surface area contributed by atoms with E-state index in [1.807, 2.05) is 12.1 Å². The molecule has 1 aromatic heterocycles. The van der Waals surface area contributed by atoms with E-state index in [4.69, 9.17) is 0 Å². The van der Waals surface area contributed by atoms with Crippen LogP contribution in [0.5, 0.6) is 0 Å². The van der Waals surface area contributed by atoms with Crippen LogP contribution in [0.15, 0.2) is 22.8 Å².